The molecule has 5 aromatic rings. The molecule has 5 heteroatoms. The molecule has 142 valence electrons. The summed E-state index contributed by atoms with van der Waals surface area (Å²) in [5.41, 5.74) is 14.4. The molecule has 0 atom stereocenters. The van der Waals surface area contributed by atoms with Crippen molar-refractivity contribution in [1.29, 1.82) is 0 Å². The summed E-state index contributed by atoms with van der Waals surface area (Å²) in [5, 5.41) is 0. The molecular weight excluding hydrogens is 367 g/mol. The molecule has 3 aliphatic heterocycles. The van der Waals surface area contributed by atoms with Crippen LogP contribution in [0, 0.1) is 13.8 Å². The van der Waals surface area contributed by atoms with Gasteiger partial charge in [0.15, 0.2) is 0 Å². The number of nitrogens with zero attached hydrogens (tertiary/aromatic N) is 4. The first-order valence-corrected chi connectivity index (χ1v) is 10.7. The van der Waals surface area contributed by atoms with Crippen molar-refractivity contribution in [3.63, 3.8) is 0 Å². The van der Waals surface area contributed by atoms with Crippen LogP contribution in [0.3, 0.4) is 0 Å². The standard InChI is InChI=1S/C25H19BN4/c1-12-27-16-10-8-14-20-23(16)29(12)18-6-5-7-19-22(18)26(20)21-15(25(14,3)4)9-11-17-24(21)30(19)13(2)28-17/h5-11H,1-4H3. The number of fused-ring (bicyclic) bond motifs is 2. The molecule has 0 fully saturated rings. The lowest BCUT2D eigenvalue weighted by molar-refractivity contribution is 0.646. The van der Waals surface area contributed by atoms with Crippen molar-refractivity contribution in [2.75, 3.05) is 0 Å². The van der Waals surface area contributed by atoms with E-state index < -0.39 is 0 Å². The van der Waals surface area contributed by atoms with Crippen molar-refractivity contribution in [2.24, 2.45) is 0 Å². The highest BCUT2D eigenvalue weighted by Crippen LogP contribution is 2.41. The lowest BCUT2D eigenvalue weighted by Crippen LogP contribution is -2.65. The molecule has 0 aliphatic carbocycles. The Kier molecular flexibility index (Phi) is 2.27. The molecule has 4 nitrogen and oxygen atoms in total. The second-order valence-electron chi connectivity index (χ2n) is 9.55. The van der Waals surface area contributed by atoms with Gasteiger partial charge in [-0.05, 0) is 65.6 Å². The highest BCUT2D eigenvalue weighted by molar-refractivity contribution is 7.01. The Bertz CT molecular complexity index is 1530. The minimum Gasteiger partial charge on any atom is -0.297 e. The Morgan fingerprint density at radius 3 is 1.70 bits per heavy atom. The molecule has 0 radical (unpaired) electrons. The molecule has 8 rings (SSSR count). The zero-order chi connectivity index (χ0) is 20.1. The van der Waals surface area contributed by atoms with Crippen molar-refractivity contribution in [2.45, 2.75) is 33.1 Å². The number of hydrogen-bond acceptors (Lipinski definition) is 2. The lowest BCUT2D eigenvalue weighted by atomic mass is 9.29. The van der Waals surface area contributed by atoms with E-state index in [4.69, 9.17) is 9.97 Å². The molecular formula is C25H19BN4. The van der Waals surface area contributed by atoms with Gasteiger partial charge in [0.2, 0.25) is 0 Å². The molecule has 0 N–H and O–H groups in total. The zero-order valence-corrected chi connectivity index (χ0v) is 17.4. The first-order valence-electron chi connectivity index (χ1n) is 10.7. The quantitative estimate of drug-likeness (QED) is 0.376. The van der Waals surface area contributed by atoms with Crippen molar-refractivity contribution in [1.82, 2.24) is 19.1 Å². The fraction of sp³-hybridized carbons (Fsp3) is 0.200. The van der Waals surface area contributed by atoms with Crippen LogP contribution in [0.15, 0.2) is 42.5 Å². The van der Waals surface area contributed by atoms with Crippen LogP contribution in [0.4, 0.5) is 0 Å². The zero-order valence-electron chi connectivity index (χ0n) is 17.4. The van der Waals surface area contributed by atoms with Gasteiger partial charge in [0.1, 0.15) is 11.6 Å². The van der Waals surface area contributed by atoms with Gasteiger partial charge in [-0.1, -0.05) is 32.0 Å². The Morgan fingerprint density at radius 2 is 1.20 bits per heavy atom. The summed E-state index contributed by atoms with van der Waals surface area (Å²) in [6.07, 6.45) is 0. The molecule has 0 amide bonds. The van der Waals surface area contributed by atoms with Crippen molar-refractivity contribution in [3.05, 3.63) is 65.2 Å². The predicted octanol–water partition coefficient (Wildman–Crippen LogP) is 2.76. The van der Waals surface area contributed by atoms with Gasteiger partial charge in [0, 0.05) is 16.8 Å². The number of imidazole rings is 2. The van der Waals surface area contributed by atoms with Crippen molar-refractivity contribution in [3.8, 4) is 11.4 Å². The summed E-state index contributed by atoms with van der Waals surface area (Å²) in [5.74, 6) is 2.11. The average molecular weight is 386 g/mol. The van der Waals surface area contributed by atoms with E-state index in [1.54, 1.807) is 0 Å². The molecule has 5 heterocycles. The van der Waals surface area contributed by atoms with Gasteiger partial charge >= 0.3 is 0 Å². The van der Waals surface area contributed by atoms with Crippen LogP contribution in [0.5, 0.6) is 0 Å². The number of aromatic nitrogens is 4. The average Bonchev–Trinajstić information content (AvgIpc) is 3.24. The topological polar surface area (TPSA) is 35.6 Å². The number of aryl methyl sites for hydroxylation is 2. The highest BCUT2D eigenvalue weighted by atomic mass is 15.1. The van der Waals surface area contributed by atoms with Crippen LogP contribution in [-0.2, 0) is 5.41 Å². The van der Waals surface area contributed by atoms with Gasteiger partial charge in [0.25, 0.3) is 6.71 Å². The highest BCUT2D eigenvalue weighted by Gasteiger charge is 2.49. The van der Waals surface area contributed by atoms with E-state index in [0.717, 1.165) is 22.7 Å². The van der Waals surface area contributed by atoms with Gasteiger partial charge in [-0.25, -0.2) is 9.97 Å². The maximum atomic E-state index is 4.96. The molecule has 0 spiro atoms. The van der Waals surface area contributed by atoms with Crippen molar-refractivity contribution >= 4 is 45.2 Å². The Morgan fingerprint density at radius 1 is 0.700 bits per heavy atom. The third-order valence-corrected chi connectivity index (χ3v) is 7.81. The predicted molar refractivity (Wildman–Crippen MR) is 122 cm³/mol. The smallest absolute Gasteiger partial charge is 0.253 e. The maximum Gasteiger partial charge on any atom is 0.253 e. The van der Waals surface area contributed by atoms with Crippen LogP contribution >= 0.6 is 0 Å². The fourth-order valence-corrected chi connectivity index (χ4v) is 6.68. The molecule has 3 aliphatic rings. The van der Waals surface area contributed by atoms with Crippen LogP contribution in [0.1, 0.15) is 36.6 Å². The van der Waals surface area contributed by atoms with E-state index in [9.17, 15) is 0 Å². The number of hydrogen-bond donors (Lipinski definition) is 0. The second-order valence-corrected chi connectivity index (χ2v) is 9.55. The number of rotatable bonds is 0. The maximum absolute atomic E-state index is 4.96. The van der Waals surface area contributed by atoms with Crippen LogP contribution in [-0.4, -0.2) is 25.8 Å². The Hall–Kier alpha value is -3.34. The molecule has 0 bridgehead atoms. The Balaban J connectivity index is 1.75. The summed E-state index contributed by atoms with van der Waals surface area (Å²) < 4.78 is 4.78. The summed E-state index contributed by atoms with van der Waals surface area (Å²) >= 11 is 0. The normalized spacial score (nSPS) is 16.2. The summed E-state index contributed by atoms with van der Waals surface area (Å²) in [4.78, 5) is 9.92. The third kappa shape index (κ3) is 1.36. The van der Waals surface area contributed by atoms with Crippen molar-refractivity contribution < 1.29 is 0 Å². The summed E-state index contributed by atoms with van der Waals surface area (Å²) in [6, 6.07) is 15.8. The van der Waals surface area contributed by atoms with Gasteiger partial charge in [-0.15, -0.1) is 0 Å². The van der Waals surface area contributed by atoms with E-state index in [-0.39, 0.29) is 12.1 Å². The molecule has 0 saturated heterocycles. The minimum absolute atomic E-state index is 0.0701. The monoisotopic (exact) mass is 386 g/mol. The van der Waals surface area contributed by atoms with E-state index in [1.807, 2.05) is 0 Å². The van der Waals surface area contributed by atoms with Crippen LogP contribution in [0.25, 0.3) is 33.4 Å². The van der Waals surface area contributed by atoms with Crippen LogP contribution < -0.4 is 16.4 Å². The molecule has 2 aromatic heterocycles. The van der Waals surface area contributed by atoms with E-state index in [2.05, 4.69) is 79.3 Å². The fourth-order valence-electron chi connectivity index (χ4n) is 6.68. The molecule has 30 heavy (non-hydrogen) atoms. The lowest BCUT2D eigenvalue weighted by Gasteiger charge is -2.43. The summed E-state index contributed by atoms with van der Waals surface area (Å²) in [6.45, 7) is 9.24. The molecule has 0 unspecified atom stereocenters. The Labute approximate surface area is 174 Å². The van der Waals surface area contributed by atoms with Gasteiger partial charge < -0.3 is 0 Å². The summed E-state index contributed by atoms with van der Waals surface area (Å²) in [7, 11) is 0. The first kappa shape index (κ1) is 15.5. The second kappa shape index (κ2) is 4.39. The number of benzene rings is 3. The SMILES string of the molecule is Cc1nc2ccc3c4c2n1-c1cccc2c1B4c1c(ccc4nc(C)n-2c14)C3(C)C. The van der Waals surface area contributed by atoms with Gasteiger partial charge in [-0.2, -0.15) is 0 Å². The molecule has 3 aromatic carbocycles. The van der Waals surface area contributed by atoms with Crippen LogP contribution in [0.2, 0.25) is 0 Å². The molecule has 0 saturated carbocycles. The van der Waals surface area contributed by atoms with E-state index in [1.165, 1.54) is 49.9 Å². The van der Waals surface area contributed by atoms with Gasteiger partial charge in [-0.3, -0.25) is 9.13 Å². The minimum atomic E-state index is -0.0701. The van der Waals surface area contributed by atoms with E-state index >= 15 is 0 Å². The largest absolute Gasteiger partial charge is 0.297 e. The van der Waals surface area contributed by atoms with E-state index in [0.29, 0.717) is 0 Å². The van der Waals surface area contributed by atoms with Gasteiger partial charge in [0.05, 0.1) is 22.1 Å². The third-order valence-electron chi connectivity index (χ3n) is 7.81. The first-order chi connectivity index (χ1) is 14.5.